The van der Waals surface area contributed by atoms with Crippen LogP contribution in [0, 0.1) is 5.92 Å². The number of ether oxygens (including phenoxy) is 1. The van der Waals surface area contributed by atoms with Crippen LogP contribution < -0.4 is 17.0 Å². The number of quaternary nitrogens is 1. The smallest absolute Gasteiger partial charge is 0.348 e. The lowest BCUT2D eigenvalue weighted by Gasteiger charge is -2.52. The predicted molar refractivity (Wildman–Crippen MR) is 142 cm³/mol. The molecule has 3 aromatic carbocycles. The Morgan fingerprint density at radius 1 is 0.811 bits per heavy atom. The van der Waals surface area contributed by atoms with Crippen LogP contribution in [0.2, 0.25) is 0 Å². The van der Waals surface area contributed by atoms with E-state index in [1.807, 2.05) is 36.4 Å². The van der Waals surface area contributed by atoms with Crippen LogP contribution in [0.25, 0.3) is 0 Å². The van der Waals surface area contributed by atoms with E-state index in [0.717, 1.165) is 36.8 Å². The molecule has 3 saturated heterocycles. The molecule has 1 N–H and O–H groups in total. The standard InChI is InChI=1S/C32H38NO3.BrH/c34-31(32(35,28-16-8-2-9-17-28)29-18-10-3-11-19-29)36-30-25-33(23-20-27(30)21-24-33)22-12-4-7-15-26-13-5-1-6-14-26;/h1-3,5-6,8-11,13-14,16-19,27,30,35H,4,7,12,15,20-25H2;1H/q+1;/p-1. The quantitative estimate of drug-likeness (QED) is 0.234. The van der Waals surface area contributed by atoms with Crippen molar-refractivity contribution in [2.45, 2.75) is 50.2 Å². The minimum Gasteiger partial charge on any atom is -1.00 e. The highest BCUT2D eigenvalue weighted by Crippen LogP contribution is 2.38. The summed E-state index contributed by atoms with van der Waals surface area (Å²) in [6, 6.07) is 29.1. The van der Waals surface area contributed by atoms with Crippen LogP contribution in [0.4, 0.5) is 0 Å². The minimum absolute atomic E-state index is 0. The van der Waals surface area contributed by atoms with Crippen LogP contribution in [0.15, 0.2) is 91.0 Å². The number of aliphatic hydroxyl groups is 1. The summed E-state index contributed by atoms with van der Waals surface area (Å²) in [4.78, 5) is 13.7. The molecule has 0 aliphatic carbocycles. The number of esters is 1. The van der Waals surface area contributed by atoms with Crippen molar-refractivity contribution in [3.05, 3.63) is 108 Å². The average molecular weight is 565 g/mol. The molecule has 3 aliphatic rings. The summed E-state index contributed by atoms with van der Waals surface area (Å²) >= 11 is 0. The molecule has 1 unspecified atom stereocenters. The number of rotatable bonds is 10. The van der Waals surface area contributed by atoms with Crippen molar-refractivity contribution in [3.8, 4) is 0 Å². The number of benzene rings is 3. The number of hydrogen-bond donors (Lipinski definition) is 1. The Hall–Kier alpha value is -2.47. The fourth-order valence-electron chi connectivity index (χ4n) is 6.25. The van der Waals surface area contributed by atoms with Gasteiger partial charge in [0.1, 0.15) is 6.54 Å². The molecule has 37 heavy (non-hydrogen) atoms. The highest BCUT2D eigenvalue weighted by molar-refractivity contribution is 5.85. The van der Waals surface area contributed by atoms with Gasteiger partial charge in [0.2, 0.25) is 5.60 Å². The first-order valence-corrected chi connectivity index (χ1v) is 13.5. The number of nitrogens with zero attached hydrogens (tertiary/aromatic N) is 1. The Morgan fingerprint density at radius 3 is 1.92 bits per heavy atom. The molecular weight excluding hydrogens is 526 g/mol. The highest BCUT2D eigenvalue weighted by atomic mass is 79.9. The Kier molecular flexibility index (Phi) is 9.22. The SMILES string of the molecule is O=C(OC1C[N+]2(CCCCCc3ccccc3)CCC1CC2)C(O)(c1ccccc1)c1ccccc1.[Br-]. The second-order valence-electron chi connectivity index (χ2n) is 10.7. The molecule has 3 aromatic rings. The maximum Gasteiger partial charge on any atom is 0.348 e. The zero-order valence-electron chi connectivity index (χ0n) is 21.5. The van der Waals surface area contributed by atoms with E-state index in [4.69, 9.17) is 4.74 Å². The molecule has 0 saturated carbocycles. The molecule has 2 bridgehead atoms. The summed E-state index contributed by atoms with van der Waals surface area (Å²) in [6.45, 7) is 4.38. The zero-order chi connectivity index (χ0) is 24.8. The molecule has 6 rings (SSSR count). The van der Waals surface area contributed by atoms with E-state index in [1.54, 1.807) is 24.3 Å². The predicted octanol–water partition coefficient (Wildman–Crippen LogP) is 2.49. The minimum atomic E-state index is -1.81. The lowest BCUT2D eigenvalue weighted by atomic mass is 9.82. The average Bonchev–Trinajstić information content (AvgIpc) is 2.94. The molecule has 0 radical (unpaired) electrons. The monoisotopic (exact) mass is 563 g/mol. The topological polar surface area (TPSA) is 46.5 Å². The van der Waals surface area contributed by atoms with Crippen molar-refractivity contribution in [2.75, 3.05) is 26.2 Å². The van der Waals surface area contributed by atoms with Crippen LogP contribution in [-0.4, -0.2) is 47.8 Å². The number of unbranched alkanes of at least 4 members (excludes halogenated alkanes) is 2. The summed E-state index contributed by atoms with van der Waals surface area (Å²) in [5.74, 6) is -0.164. The summed E-state index contributed by atoms with van der Waals surface area (Å²) in [5, 5.41) is 11.8. The summed E-state index contributed by atoms with van der Waals surface area (Å²) < 4.78 is 7.26. The van der Waals surface area contributed by atoms with Gasteiger partial charge in [-0.15, -0.1) is 0 Å². The van der Waals surface area contributed by atoms with Crippen LogP contribution in [0.5, 0.6) is 0 Å². The Balaban J connectivity index is 0.00000320. The number of carbonyl (C=O) groups excluding carboxylic acids is 1. The van der Waals surface area contributed by atoms with E-state index in [9.17, 15) is 9.90 Å². The molecule has 3 fully saturated rings. The van der Waals surface area contributed by atoms with Crippen LogP contribution in [-0.2, 0) is 21.6 Å². The second kappa shape index (κ2) is 12.4. The third-order valence-electron chi connectivity index (χ3n) is 8.42. The van der Waals surface area contributed by atoms with Gasteiger partial charge in [0.05, 0.1) is 19.6 Å². The van der Waals surface area contributed by atoms with E-state index in [2.05, 4.69) is 30.3 Å². The zero-order valence-corrected chi connectivity index (χ0v) is 23.1. The highest BCUT2D eigenvalue weighted by Gasteiger charge is 2.50. The van der Waals surface area contributed by atoms with E-state index >= 15 is 0 Å². The Bertz CT molecular complexity index is 1080. The largest absolute Gasteiger partial charge is 1.00 e. The van der Waals surface area contributed by atoms with E-state index in [1.165, 1.54) is 37.9 Å². The maximum atomic E-state index is 13.7. The van der Waals surface area contributed by atoms with Crippen molar-refractivity contribution in [1.82, 2.24) is 0 Å². The summed E-state index contributed by atoms with van der Waals surface area (Å²) in [5.41, 5.74) is 0.700. The molecule has 3 heterocycles. The van der Waals surface area contributed by atoms with Gasteiger partial charge in [-0.1, -0.05) is 91.0 Å². The van der Waals surface area contributed by atoms with E-state index < -0.39 is 11.6 Å². The number of aryl methyl sites for hydroxylation is 1. The summed E-state index contributed by atoms with van der Waals surface area (Å²) in [7, 11) is 0. The molecule has 4 nitrogen and oxygen atoms in total. The summed E-state index contributed by atoms with van der Waals surface area (Å²) in [6.07, 6.45) is 6.84. The molecular formula is C32H38BrNO3. The van der Waals surface area contributed by atoms with Crippen molar-refractivity contribution < 1.29 is 36.1 Å². The van der Waals surface area contributed by atoms with Gasteiger partial charge in [0.15, 0.2) is 6.10 Å². The fraction of sp³-hybridized carbons (Fsp3) is 0.406. The van der Waals surface area contributed by atoms with E-state index in [0.29, 0.717) is 17.0 Å². The first-order valence-electron chi connectivity index (χ1n) is 13.5. The van der Waals surface area contributed by atoms with Crippen molar-refractivity contribution in [1.29, 1.82) is 0 Å². The van der Waals surface area contributed by atoms with Gasteiger partial charge in [0.25, 0.3) is 0 Å². The number of hydrogen-bond acceptors (Lipinski definition) is 3. The number of carbonyl (C=O) groups is 1. The van der Waals surface area contributed by atoms with Crippen LogP contribution in [0.3, 0.4) is 0 Å². The Morgan fingerprint density at radius 2 is 1.35 bits per heavy atom. The number of piperidine rings is 3. The van der Waals surface area contributed by atoms with Crippen molar-refractivity contribution in [2.24, 2.45) is 5.92 Å². The molecule has 1 atom stereocenters. The molecule has 5 heteroatoms. The van der Waals surface area contributed by atoms with Crippen molar-refractivity contribution >= 4 is 5.97 Å². The number of halogens is 1. The van der Waals surface area contributed by atoms with Gasteiger partial charge in [-0.3, -0.25) is 0 Å². The first-order chi connectivity index (χ1) is 17.6. The van der Waals surface area contributed by atoms with Gasteiger partial charge >= 0.3 is 5.97 Å². The lowest BCUT2D eigenvalue weighted by Crippen LogP contribution is -3.00. The third-order valence-corrected chi connectivity index (χ3v) is 8.42. The van der Waals surface area contributed by atoms with Crippen molar-refractivity contribution in [3.63, 3.8) is 0 Å². The van der Waals surface area contributed by atoms with Gasteiger partial charge in [0, 0.05) is 18.8 Å². The Labute approximate surface area is 231 Å². The normalized spacial score (nSPS) is 22.7. The first kappa shape index (κ1) is 27.6. The molecule has 0 amide bonds. The van der Waals surface area contributed by atoms with Gasteiger partial charge in [-0.05, 0) is 42.4 Å². The van der Waals surface area contributed by atoms with Crippen LogP contribution >= 0.6 is 0 Å². The molecule has 196 valence electrons. The van der Waals surface area contributed by atoms with Gasteiger partial charge in [-0.2, -0.15) is 0 Å². The van der Waals surface area contributed by atoms with Gasteiger partial charge in [-0.25, -0.2) is 4.79 Å². The second-order valence-corrected chi connectivity index (χ2v) is 10.7. The van der Waals surface area contributed by atoms with E-state index in [-0.39, 0.29) is 23.1 Å². The van der Waals surface area contributed by atoms with Gasteiger partial charge < -0.3 is 31.3 Å². The molecule has 0 aromatic heterocycles. The van der Waals surface area contributed by atoms with Crippen LogP contribution in [0.1, 0.15) is 48.8 Å². The fourth-order valence-corrected chi connectivity index (χ4v) is 6.25. The number of fused-ring (bicyclic) bond motifs is 3. The maximum absolute atomic E-state index is 13.7. The lowest BCUT2D eigenvalue weighted by molar-refractivity contribution is -0.946. The molecule has 3 aliphatic heterocycles. The third kappa shape index (κ3) is 6.17. The molecule has 0 spiro atoms.